The van der Waals surface area contributed by atoms with Crippen molar-refractivity contribution in [1.29, 1.82) is 0 Å². The largest absolute Gasteiger partial charge is 0.459 e. The predicted molar refractivity (Wildman–Crippen MR) is 63.9 cm³/mol. The zero-order valence-corrected chi connectivity index (χ0v) is 10.3. The Balaban J connectivity index is 1.89. The van der Waals surface area contributed by atoms with Gasteiger partial charge in [0.25, 0.3) is 5.91 Å². The molecule has 1 aliphatic heterocycles. The van der Waals surface area contributed by atoms with Crippen molar-refractivity contribution >= 4 is 11.8 Å². The molecule has 2 aliphatic rings. The molecule has 5 nitrogen and oxygen atoms in total. The Kier molecular flexibility index (Phi) is 2.61. The minimum absolute atomic E-state index is 0.0675. The number of piperidine rings is 1. The lowest BCUT2D eigenvalue weighted by molar-refractivity contribution is -0.126. The van der Waals surface area contributed by atoms with Crippen LogP contribution in [0.15, 0.2) is 22.8 Å². The fraction of sp³-hybridized carbons (Fsp3) is 0.538. The van der Waals surface area contributed by atoms with Gasteiger partial charge in [0.1, 0.15) is 6.04 Å². The van der Waals surface area contributed by atoms with Gasteiger partial charge < -0.3 is 14.6 Å². The Morgan fingerprint density at radius 2 is 2.28 bits per heavy atom. The lowest BCUT2D eigenvalue weighted by atomic mass is 9.97. The van der Waals surface area contributed by atoms with E-state index in [1.165, 1.54) is 6.26 Å². The number of nitrogens with one attached hydrogen (secondary N) is 1. The van der Waals surface area contributed by atoms with Gasteiger partial charge >= 0.3 is 0 Å². The van der Waals surface area contributed by atoms with Crippen LogP contribution >= 0.6 is 0 Å². The number of amides is 2. The van der Waals surface area contributed by atoms with E-state index in [4.69, 9.17) is 4.42 Å². The van der Waals surface area contributed by atoms with Crippen molar-refractivity contribution in [3.63, 3.8) is 0 Å². The third-order valence-electron chi connectivity index (χ3n) is 4.07. The zero-order chi connectivity index (χ0) is 12.7. The van der Waals surface area contributed by atoms with E-state index in [0.717, 1.165) is 19.3 Å². The van der Waals surface area contributed by atoms with E-state index >= 15 is 0 Å². The molecule has 1 N–H and O–H groups in total. The van der Waals surface area contributed by atoms with Gasteiger partial charge in [0.15, 0.2) is 5.76 Å². The minimum Gasteiger partial charge on any atom is -0.459 e. The highest BCUT2D eigenvalue weighted by Gasteiger charge is 2.51. The molecule has 0 spiro atoms. The van der Waals surface area contributed by atoms with E-state index < -0.39 is 0 Å². The number of nitrogens with zero attached hydrogens (tertiary/aromatic N) is 1. The molecule has 1 saturated carbocycles. The fourth-order valence-electron chi connectivity index (χ4n) is 3.29. The third-order valence-corrected chi connectivity index (χ3v) is 4.07. The molecule has 0 aromatic carbocycles. The summed E-state index contributed by atoms with van der Waals surface area (Å²) in [5.41, 5.74) is 0. The molecule has 96 valence electrons. The number of carbonyl (C=O) groups is 2. The Hall–Kier alpha value is -1.78. The lowest BCUT2D eigenvalue weighted by Crippen LogP contribution is -2.52. The van der Waals surface area contributed by atoms with Gasteiger partial charge in [0, 0.05) is 13.1 Å². The highest BCUT2D eigenvalue weighted by atomic mass is 16.3. The standard InChI is InChI=1S/C13H16N2O3/c1-14-12(16)11-8-4-5-9(7-8)15(11)13(17)10-3-2-6-18-10/h2-3,6,8-9,11H,4-5,7H2,1H3,(H,14,16)/t8-,9-,11-/m0/s1. The van der Waals surface area contributed by atoms with Crippen LogP contribution in [0.5, 0.6) is 0 Å². The van der Waals surface area contributed by atoms with Crippen LogP contribution in [-0.4, -0.2) is 35.8 Å². The maximum atomic E-state index is 12.4. The van der Waals surface area contributed by atoms with Crippen molar-refractivity contribution in [2.75, 3.05) is 7.05 Å². The molecule has 3 rings (SSSR count). The van der Waals surface area contributed by atoms with Gasteiger partial charge in [-0.1, -0.05) is 0 Å². The number of furan rings is 1. The van der Waals surface area contributed by atoms with Crippen LogP contribution in [-0.2, 0) is 4.79 Å². The summed E-state index contributed by atoms with van der Waals surface area (Å²) in [6, 6.07) is 3.20. The van der Waals surface area contributed by atoms with Gasteiger partial charge in [-0.05, 0) is 37.3 Å². The number of hydrogen-bond acceptors (Lipinski definition) is 3. The van der Waals surface area contributed by atoms with Crippen LogP contribution in [0.4, 0.5) is 0 Å². The van der Waals surface area contributed by atoms with Crippen LogP contribution in [0.1, 0.15) is 29.8 Å². The monoisotopic (exact) mass is 248 g/mol. The van der Waals surface area contributed by atoms with Gasteiger partial charge in [-0.3, -0.25) is 9.59 Å². The first-order valence-electron chi connectivity index (χ1n) is 6.30. The summed E-state index contributed by atoms with van der Waals surface area (Å²) in [5, 5.41) is 2.66. The highest BCUT2D eigenvalue weighted by Crippen LogP contribution is 2.43. The molecule has 18 heavy (non-hydrogen) atoms. The molecule has 1 aromatic heterocycles. The quantitative estimate of drug-likeness (QED) is 0.850. The molecule has 2 bridgehead atoms. The van der Waals surface area contributed by atoms with Crippen molar-refractivity contribution in [2.24, 2.45) is 5.92 Å². The molecule has 3 atom stereocenters. The lowest BCUT2D eigenvalue weighted by Gasteiger charge is -2.33. The molecule has 1 saturated heterocycles. The predicted octanol–water partition coefficient (Wildman–Crippen LogP) is 1.02. The van der Waals surface area contributed by atoms with Crippen LogP contribution in [0.3, 0.4) is 0 Å². The van der Waals surface area contributed by atoms with Gasteiger partial charge in [-0.15, -0.1) is 0 Å². The van der Waals surface area contributed by atoms with Crippen molar-refractivity contribution in [2.45, 2.75) is 31.3 Å². The molecule has 0 unspecified atom stereocenters. The van der Waals surface area contributed by atoms with Gasteiger partial charge in [0.05, 0.1) is 6.26 Å². The van der Waals surface area contributed by atoms with Gasteiger partial charge in [-0.25, -0.2) is 0 Å². The van der Waals surface area contributed by atoms with Crippen LogP contribution in [0.25, 0.3) is 0 Å². The summed E-state index contributed by atoms with van der Waals surface area (Å²) in [4.78, 5) is 26.0. The first-order valence-corrected chi connectivity index (χ1v) is 6.30. The number of likely N-dealkylation sites (tertiary alicyclic amines) is 1. The van der Waals surface area contributed by atoms with Crippen LogP contribution < -0.4 is 5.32 Å². The second kappa shape index (κ2) is 4.15. The van der Waals surface area contributed by atoms with Crippen LogP contribution in [0.2, 0.25) is 0 Å². The first-order chi connectivity index (χ1) is 8.72. The molecule has 5 heteroatoms. The van der Waals surface area contributed by atoms with Crippen LogP contribution in [0, 0.1) is 5.92 Å². The van der Waals surface area contributed by atoms with E-state index in [1.807, 2.05) is 0 Å². The molecule has 1 aliphatic carbocycles. The molecule has 0 radical (unpaired) electrons. The second-order valence-electron chi connectivity index (χ2n) is 4.98. The number of rotatable bonds is 2. The summed E-state index contributed by atoms with van der Waals surface area (Å²) in [5.74, 6) is 0.383. The number of fused-ring (bicyclic) bond motifs is 2. The topological polar surface area (TPSA) is 62.6 Å². The zero-order valence-electron chi connectivity index (χ0n) is 10.3. The van der Waals surface area contributed by atoms with E-state index in [0.29, 0.717) is 11.7 Å². The second-order valence-corrected chi connectivity index (χ2v) is 4.98. The number of hydrogen-bond donors (Lipinski definition) is 1. The maximum Gasteiger partial charge on any atom is 0.290 e. The Bertz CT molecular complexity index is 469. The third kappa shape index (κ3) is 1.54. The van der Waals surface area contributed by atoms with E-state index in [1.54, 1.807) is 24.1 Å². The summed E-state index contributed by atoms with van der Waals surface area (Å²) in [6.45, 7) is 0. The average Bonchev–Trinajstić information content (AvgIpc) is 3.10. The fourth-order valence-corrected chi connectivity index (χ4v) is 3.29. The SMILES string of the molecule is CNC(=O)[C@@H]1[C@H]2CC[C@@H](C2)N1C(=O)c1ccco1. The number of likely N-dealkylation sites (N-methyl/N-ethyl adjacent to an activating group) is 1. The van der Waals surface area contributed by atoms with E-state index in [9.17, 15) is 9.59 Å². The molecule has 2 amide bonds. The molecular weight excluding hydrogens is 232 g/mol. The summed E-state index contributed by atoms with van der Waals surface area (Å²) in [7, 11) is 1.61. The molecular formula is C13H16N2O3. The van der Waals surface area contributed by atoms with Crippen molar-refractivity contribution in [1.82, 2.24) is 10.2 Å². The van der Waals surface area contributed by atoms with Crippen molar-refractivity contribution in [3.05, 3.63) is 24.2 Å². The Labute approximate surface area is 105 Å². The van der Waals surface area contributed by atoms with Gasteiger partial charge in [0.2, 0.25) is 5.91 Å². The van der Waals surface area contributed by atoms with Gasteiger partial charge in [-0.2, -0.15) is 0 Å². The summed E-state index contributed by atoms with van der Waals surface area (Å²) < 4.78 is 5.15. The molecule has 1 aromatic rings. The smallest absolute Gasteiger partial charge is 0.290 e. The maximum absolute atomic E-state index is 12.4. The molecule has 2 heterocycles. The molecule has 2 fully saturated rings. The highest BCUT2D eigenvalue weighted by molar-refractivity contribution is 5.96. The minimum atomic E-state index is -0.327. The summed E-state index contributed by atoms with van der Waals surface area (Å²) in [6.07, 6.45) is 4.44. The summed E-state index contributed by atoms with van der Waals surface area (Å²) >= 11 is 0. The van der Waals surface area contributed by atoms with Crippen molar-refractivity contribution in [3.8, 4) is 0 Å². The first kappa shape index (κ1) is 11.3. The number of carbonyl (C=O) groups excluding carboxylic acids is 2. The van der Waals surface area contributed by atoms with E-state index in [-0.39, 0.29) is 23.9 Å². The average molecular weight is 248 g/mol. The Morgan fingerprint density at radius 1 is 1.44 bits per heavy atom. The Morgan fingerprint density at radius 3 is 2.94 bits per heavy atom. The van der Waals surface area contributed by atoms with E-state index in [2.05, 4.69) is 5.32 Å². The normalized spacial score (nSPS) is 29.6. The van der Waals surface area contributed by atoms with Crippen molar-refractivity contribution < 1.29 is 14.0 Å².